The quantitative estimate of drug-likeness (QED) is 0.762. The number of carbonyl (C=O) groups excluding carboxylic acids is 1. The van der Waals surface area contributed by atoms with Crippen LogP contribution < -0.4 is 5.32 Å². The number of aromatic nitrogens is 2. The fraction of sp³-hybridized carbons (Fsp3) is 0.400. The van der Waals surface area contributed by atoms with Gasteiger partial charge in [-0.05, 0) is 30.4 Å². The molecule has 0 aliphatic rings. The molecule has 0 spiro atoms. The molecule has 0 aromatic carbocycles. The Hall–Kier alpha value is -2.15. The van der Waals surface area contributed by atoms with Crippen LogP contribution in [-0.4, -0.2) is 32.7 Å². The minimum absolute atomic E-state index is 0.0248. The Balaban J connectivity index is 2.16. The van der Waals surface area contributed by atoms with Crippen molar-refractivity contribution in [3.8, 4) is 10.6 Å². The molecular weight excluding hydrogens is 302 g/mol. The van der Waals surface area contributed by atoms with Crippen molar-refractivity contribution < 1.29 is 14.7 Å². The van der Waals surface area contributed by atoms with Gasteiger partial charge >= 0.3 is 5.97 Å². The van der Waals surface area contributed by atoms with Crippen LogP contribution in [0.25, 0.3) is 10.6 Å². The maximum atomic E-state index is 12.3. The number of amides is 1. The molecule has 6 nitrogen and oxygen atoms in total. The van der Waals surface area contributed by atoms with Gasteiger partial charge in [0.15, 0.2) is 5.69 Å². The van der Waals surface area contributed by atoms with Crippen molar-refractivity contribution in [2.45, 2.75) is 32.7 Å². The Morgan fingerprint density at radius 2 is 2.23 bits per heavy atom. The number of nitrogens with zero attached hydrogens (tertiary/aromatic N) is 1. The van der Waals surface area contributed by atoms with Gasteiger partial charge in [-0.3, -0.25) is 14.7 Å². The number of carboxylic acids is 1. The van der Waals surface area contributed by atoms with Crippen molar-refractivity contribution in [1.82, 2.24) is 15.5 Å². The van der Waals surface area contributed by atoms with Crippen LogP contribution in [0, 0.1) is 5.92 Å². The third-order valence-electron chi connectivity index (χ3n) is 3.79. The SMILES string of the molecule is CC(C)C(C)(CC(=O)O)NC(=O)c1cc(-c2cccs2)[nH]n1. The minimum Gasteiger partial charge on any atom is -0.481 e. The Morgan fingerprint density at radius 1 is 1.50 bits per heavy atom. The summed E-state index contributed by atoms with van der Waals surface area (Å²) in [6.07, 6.45) is -0.140. The van der Waals surface area contributed by atoms with Gasteiger partial charge < -0.3 is 10.4 Å². The van der Waals surface area contributed by atoms with E-state index in [9.17, 15) is 9.59 Å². The first-order chi connectivity index (χ1) is 10.3. The van der Waals surface area contributed by atoms with Crippen molar-refractivity contribution in [2.75, 3.05) is 0 Å². The molecule has 0 aliphatic heterocycles. The van der Waals surface area contributed by atoms with E-state index in [1.54, 1.807) is 24.3 Å². The van der Waals surface area contributed by atoms with Crippen LogP contribution in [0.5, 0.6) is 0 Å². The van der Waals surface area contributed by atoms with E-state index in [0.717, 1.165) is 10.6 Å². The molecule has 3 N–H and O–H groups in total. The molecule has 2 aromatic rings. The van der Waals surface area contributed by atoms with Gasteiger partial charge in [0.1, 0.15) is 0 Å². The molecule has 118 valence electrons. The molecule has 0 saturated heterocycles. The average Bonchev–Trinajstić information content (AvgIpc) is 3.08. The lowest BCUT2D eigenvalue weighted by molar-refractivity contribution is -0.138. The molecule has 2 aromatic heterocycles. The second-order valence-electron chi connectivity index (χ2n) is 5.74. The second-order valence-corrected chi connectivity index (χ2v) is 6.69. The smallest absolute Gasteiger partial charge is 0.305 e. The van der Waals surface area contributed by atoms with Crippen molar-refractivity contribution >= 4 is 23.2 Å². The van der Waals surface area contributed by atoms with Gasteiger partial charge in [0.2, 0.25) is 0 Å². The molecule has 0 fully saturated rings. The summed E-state index contributed by atoms with van der Waals surface area (Å²) in [4.78, 5) is 24.4. The van der Waals surface area contributed by atoms with Crippen molar-refractivity contribution in [3.05, 3.63) is 29.3 Å². The van der Waals surface area contributed by atoms with Crippen LogP contribution in [0.15, 0.2) is 23.6 Å². The lowest BCUT2D eigenvalue weighted by Gasteiger charge is -2.33. The summed E-state index contributed by atoms with van der Waals surface area (Å²) < 4.78 is 0. The summed E-state index contributed by atoms with van der Waals surface area (Å²) in [5.41, 5.74) is 0.190. The lowest BCUT2D eigenvalue weighted by Crippen LogP contribution is -2.51. The van der Waals surface area contributed by atoms with E-state index in [1.807, 2.05) is 31.4 Å². The van der Waals surface area contributed by atoms with E-state index in [-0.39, 0.29) is 23.9 Å². The third kappa shape index (κ3) is 3.54. The van der Waals surface area contributed by atoms with E-state index in [2.05, 4.69) is 15.5 Å². The van der Waals surface area contributed by atoms with E-state index in [1.165, 1.54) is 0 Å². The summed E-state index contributed by atoms with van der Waals surface area (Å²) in [5, 5.41) is 20.6. The number of H-pyrrole nitrogens is 1. The molecule has 0 aliphatic carbocycles. The van der Waals surface area contributed by atoms with Gasteiger partial charge in [-0.1, -0.05) is 19.9 Å². The summed E-state index contributed by atoms with van der Waals surface area (Å²) >= 11 is 1.55. The highest BCUT2D eigenvalue weighted by molar-refractivity contribution is 7.13. The number of hydrogen-bond donors (Lipinski definition) is 3. The fourth-order valence-electron chi connectivity index (χ4n) is 2.03. The number of carboxylic acid groups (broad SMARTS) is 1. The lowest BCUT2D eigenvalue weighted by atomic mass is 9.85. The molecule has 0 bridgehead atoms. The van der Waals surface area contributed by atoms with Crippen LogP contribution in [0.2, 0.25) is 0 Å². The van der Waals surface area contributed by atoms with Gasteiger partial charge in [0.25, 0.3) is 5.91 Å². The number of hydrogen-bond acceptors (Lipinski definition) is 4. The Labute approximate surface area is 132 Å². The van der Waals surface area contributed by atoms with E-state index < -0.39 is 11.5 Å². The number of aromatic amines is 1. The highest BCUT2D eigenvalue weighted by Gasteiger charge is 2.33. The molecule has 2 rings (SSSR count). The zero-order chi connectivity index (χ0) is 16.3. The second kappa shape index (κ2) is 6.31. The third-order valence-corrected chi connectivity index (χ3v) is 4.69. The number of thiophene rings is 1. The van der Waals surface area contributed by atoms with Crippen LogP contribution in [-0.2, 0) is 4.79 Å². The number of carbonyl (C=O) groups is 2. The molecule has 0 saturated carbocycles. The molecule has 2 heterocycles. The molecule has 0 radical (unpaired) electrons. The molecule has 1 unspecified atom stereocenters. The zero-order valence-corrected chi connectivity index (χ0v) is 13.5. The predicted octanol–water partition coefficient (Wildman–Crippen LogP) is 2.76. The van der Waals surface area contributed by atoms with Crippen LogP contribution in [0.1, 0.15) is 37.7 Å². The van der Waals surface area contributed by atoms with Gasteiger partial charge in [-0.25, -0.2) is 0 Å². The maximum absolute atomic E-state index is 12.3. The van der Waals surface area contributed by atoms with Gasteiger partial charge in [-0.2, -0.15) is 5.10 Å². The molecule has 1 amide bonds. The molecule has 22 heavy (non-hydrogen) atoms. The van der Waals surface area contributed by atoms with Crippen molar-refractivity contribution in [1.29, 1.82) is 0 Å². The summed E-state index contributed by atoms with van der Waals surface area (Å²) in [7, 11) is 0. The van der Waals surface area contributed by atoms with Crippen molar-refractivity contribution in [3.63, 3.8) is 0 Å². The maximum Gasteiger partial charge on any atom is 0.305 e. The zero-order valence-electron chi connectivity index (χ0n) is 12.7. The van der Waals surface area contributed by atoms with Crippen LogP contribution >= 0.6 is 11.3 Å². The van der Waals surface area contributed by atoms with E-state index in [4.69, 9.17) is 5.11 Å². The van der Waals surface area contributed by atoms with E-state index >= 15 is 0 Å². The Morgan fingerprint density at radius 3 is 2.77 bits per heavy atom. The highest BCUT2D eigenvalue weighted by Crippen LogP contribution is 2.24. The topological polar surface area (TPSA) is 95.1 Å². The largest absolute Gasteiger partial charge is 0.481 e. The van der Waals surface area contributed by atoms with Gasteiger partial charge in [0.05, 0.1) is 22.5 Å². The first-order valence-electron chi connectivity index (χ1n) is 6.95. The normalized spacial score (nSPS) is 13.8. The Bertz CT molecular complexity index is 663. The minimum atomic E-state index is -0.946. The predicted molar refractivity (Wildman–Crippen MR) is 84.9 cm³/mol. The summed E-state index contributed by atoms with van der Waals surface area (Å²) in [5.74, 6) is -1.35. The fourth-order valence-corrected chi connectivity index (χ4v) is 2.72. The Kier molecular flexibility index (Phi) is 4.65. The van der Waals surface area contributed by atoms with Crippen LogP contribution in [0.4, 0.5) is 0 Å². The molecular formula is C15H19N3O3S. The monoisotopic (exact) mass is 321 g/mol. The van der Waals surface area contributed by atoms with Crippen molar-refractivity contribution in [2.24, 2.45) is 5.92 Å². The summed E-state index contributed by atoms with van der Waals surface area (Å²) in [6, 6.07) is 5.52. The first kappa shape index (κ1) is 16.2. The number of nitrogens with one attached hydrogen (secondary N) is 2. The summed E-state index contributed by atoms with van der Waals surface area (Å²) in [6.45, 7) is 5.49. The number of rotatable bonds is 6. The van der Waals surface area contributed by atoms with Gasteiger partial charge in [-0.15, -0.1) is 11.3 Å². The van der Waals surface area contributed by atoms with Crippen LogP contribution in [0.3, 0.4) is 0 Å². The van der Waals surface area contributed by atoms with Gasteiger partial charge in [0, 0.05) is 0 Å². The first-order valence-corrected chi connectivity index (χ1v) is 7.83. The number of aliphatic carboxylic acids is 1. The average molecular weight is 321 g/mol. The van der Waals surface area contributed by atoms with E-state index in [0.29, 0.717) is 0 Å². The molecule has 1 atom stereocenters. The standard InChI is InChI=1S/C15H19N3O3S/c1-9(2)15(3,8-13(19)20)16-14(21)11-7-10(17-18-11)12-5-4-6-22-12/h4-7,9H,8H2,1-3H3,(H,16,21)(H,17,18)(H,19,20). The highest BCUT2D eigenvalue weighted by atomic mass is 32.1. The molecule has 7 heteroatoms.